The van der Waals surface area contributed by atoms with Crippen molar-refractivity contribution in [2.75, 3.05) is 6.26 Å². The lowest BCUT2D eigenvalue weighted by Gasteiger charge is -2.45. The molecular formula is C31H61PS. The number of hydrogen-bond donors (Lipinski definition) is 0. The highest BCUT2D eigenvalue weighted by Crippen LogP contribution is 2.49. The summed E-state index contributed by atoms with van der Waals surface area (Å²) in [5.74, 6) is 8.33. The molecule has 0 bridgehead atoms. The van der Waals surface area contributed by atoms with Crippen LogP contribution in [-0.4, -0.2) is 17.2 Å². The van der Waals surface area contributed by atoms with Crippen LogP contribution in [0, 0.1) is 47.3 Å². The summed E-state index contributed by atoms with van der Waals surface area (Å²) in [6, 6.07) is 0. The van der Waals surface area contributed by atoms with Crippen LogP contribution < -0.4 is 0 Å². The molecule has 3 atom stereocenters. The summed E-state index contributed by atoms with van der Waals surface area (Å²) >= 11 is 2.12. The summed E-state index contributed by atoms with van der Waals surface area (Å²) in [6.07, 6.45) is 24.0. The van der Waals surface area contributed by atoms with E-state index >= 15 is 0 Å². The van der Waals surface area contributed by atoms with E-state index in [1.807, 2.05) is 27.7 Å². The molecule has 4 aliphatic carbocycles. The lowest BCUT2D eigenvalue weighted by Crippen LogP contribution is -2.36. The molecule has 3 unspecified atom stereocenters. The predicted octanol–water partition coefficient (Wildman–Crippen LogP) is 10.5. The van der Waals surface area contributed by atoms with Gasteiger partial charge in [-0.05, 0) is 149 Å². The van der Waals surface area contributed by atoms with Crippen LogP contribution in [0.5, 0.6) is 0 Å². The first-order chi connectivity index (χ1) is 16.0. The fraction of sp³-hybridized carbons (Fsp3) is 1.00. The SMILES string of the molecule is CC.CC.CSC1CCC(C2CCC(C3CCC(C4CC(C)C(P)C(C)C4)CC3)CC2)CC1. The van der Waals surface area contributed by atoms with E-state index in [0.717, 1.165) is 58.3 Å². The van der Waals surface area contributed by atoms with E-state index in [-0.39, 0.29) is 0 Å². The van der Waals surface area contributed by atoms with E-state index in [1.165, 1.54) is 25.7 Å². The lowest BCUT2D eigenvalue weighted by atomic mass is 9.62. The normalized spacial score (nSPS) is 44.0. The van der Waals surface area contributed by atoms with Gasteiger partial charge in [0.2, 0.25) is 0 Å². The first-order valence-electron chi connectivity index (χ1n) is 15.3. The Morgan fingerprint density at radius 3 is 1.06 bits per heavy atom. The fourth-order valence-electron chi connectivity index (χ4n) is 8.28. The van der Waals surface area contributed by atoms with Crippen LogP contribution in [0.25, 0.3) is 0 Å². The van der Waals surface area contributed by atoms with Crippen LogP contribution in [0.2, 0.25) is 0 Å². The van der Waals surface area contributed by atoms with Gasteiger partial charge in [0.25, 0.3) is 0 Å². The van der Waals surface area contributed by atoms with Gasteiger partial charge in [-0.1, -0.05) is 41.5 Å². The third kappa shape index (κ3) is 8.41. The highest BCUT2D eigenvalue weighted by atomic mass is 32.2. The summed E-state index contributed by atoms with van der Waals surface area (Å²) in [5.41, 5.74) is 0.869. The van der Waals surface area contributed by atoms with Gasteiger partial charge in [0.15, 0.2) is 0 Å². The van der Waals surface area contributed by atoms with E-state index in [0.29, 0.717) is 0 Å². The maximum absolute atomic E-state index is 3.16. The van der Waals surface area contributed by atoms with Gasteiger partial charge in [0, 0.05) is 5.25 Å². The molecule has 0 radical (unpaired) electrons. The van der Waals surface area contributed by atoms with Crippen LogP contribution in [0.3, 0.4) is 0 Å². The Morgan fingerprint density at radius 2 is 0.758 bits per heavy atom. The quantitative estimate of drug-likeness (QED) is 0.349. The minimum atomic E-state index is 0.869. The third-order valence-electron chi connectivity index (χ3n) is 10.3. The van der Waals surface area contributed by atoms with Gasteiger partial charge in [-0.25, -0.2) is 0 Å². The summed E-state index contributed by atoms with van der Waals surface area (Å²) in [6.45, 7) is 13.0. The topological polar surface area (TPSA) is 0 Å². The van der Waals surface area contributed by atoms with Gasteiger partial charge < -0.3 is 0 Å². The van der Waals surface area contributed by atoms with Gasteiger partial charge in [0.1, 0.15) is 0 Å². The second-order valence-corrected chi connectivity index (χ2v) is 13.8. The van der Waals surface area contributed by atoms with Crippen molar-refractivity contribution in [1.29, 1.82) is 0 Å². The predicted molar refractivity (Wildman–Crippen MR) is 157 cm³/mol. The van der Waals surface area contributed by atoms with E-state index < -0.39 is 0 Å². The van der Waals surface area contributed by atoms with Crippen LogP contribution >= 0.6 is 21.0 Å². The highest BCUT2D eigenvalue weighted by Gasteiger charge is 2.38. The van der Waals surface area contributed by atoms with Crippen LogP contribution in [0.4, 0.5) is 0 Å². The van der Waals surface area contributed by atoms with Crippen molar-refractivity contribution in [3.05, 3.63) is 0 Å². The highest BCUT2D eigenvalue weighted by molar-refractivity contribution is 7.99. The molecule has 33 heavy (non-hydrogen) atoms. The average molecular weight is 497 g/mol. The molecule has 0 aromatic heterocycles. The zero-order valence-electron chi connectivity index (χ0n) is 23.7. The van der Waals surface area contributed by atoms with Gasteiger partial charge in [-0.3, -0.25) is 0 Å². The largest absolute Gasteiger partial charge is 0.162 e. The van der Waals surface area contributed by atoms with Crippen molar-refractivity contribution in [2.45, 2.75) is 142 Å². The van der Waals surface area contributed by atoms with Gasteiger partial charge in [-0.15, -0.1) is 9.24 Å². The second-order valence-electron chi connectivity index (χ2n) is 11.9. The zero-order valence-corrected chi connectivity index (χ0v) is 25.6. The summed E-state index contributed by atoms with van der Waals surface area (Å²) in [4.78, 5) is 0. The molecule has 4 saturated carbocycles. The molecule has 4 fully saturated rings. The molecule has 0 aliphatic heterocycles. The Morgan fingerprint density at radius 1 is 0.485 bits per heavy atom. The first kappa shape index (κ1) is 30.0. The summed E-state index contributed by atoms with van der Waals surface area (Å²) in [7, 11) is 3.16. The Labute approximate surface area is 216 Å². The van der Waals surface area contributed by atoms with Crippen molar-refractivity contribution in [3.63, 3.8) is 0 Å². The van der Waals surface area contributed by atoms with Gasteiger partial charge >= 0.3 is 0 Å². The molecule has 0 spiro atoms. The molecule has 0 nitrogen and oxygen atoms in total. The van der Waals surface area contributed by atoms with Crippen molar-refractivity contribution in [3.8, 4) is 0 Å². The summed E-state index contributed by atoms with van der Waals surface area (Å²) < 4.78 is 0. The Hall–Kier alpha value is 0.780. The van der Waals surface area contributed by atoms with Crippen LogP contribution in [-0.2, 0) is 0 Å². The molecule has 196 valence electrons. The maximum Gasteiger partial charge on any atom is 0.00444 e. The molecule has 0 N–H and O–H groups in total. The molecule has 0 aromatic carbocycles. The smallest absolute Gasteiger partial charge is 0.00444 e. The molecule has 2 heteroatoms. The Balaban J connectivity index is 0.000000914. The Bertz CT molecular complexity index is 471. The summed E-state index contributed by atoms with van der Waals surface area (Å²) in [5, 5.41) is 0.981. The monoisotopic (exact) mass is 496 g/mol. The second kappa shape index (κ2) is 15.8. The molecule has 4 aliphatic rings. The molecule has 0 aromatic rings. The van der Waals surface area contributed by atoms with E-state index in [1.54, 1.807) is 64.2 Å². The standard InChI is InChI=1S/C27H49PS.2C2H6/c1-18-16-25(17-19(2)27(18)28)24-10-8-21(9-11-24)20-4-6-22(7-5-20)23-12-14-26(29-3)15-13-23;2*1-2/h18-27H,4-17,28H2,1-3H3;2*1-2H3. The van der Waals surface area contributed by atoms with E-state index in [9.17, 15) is 0 Å². The van der Waals surface area contributed by atoms with Crippen molar-refractivity contribution in [1.82, 2.24) is 0 Å². The van der Waals surface area contributed by atoms with Gasteiger partial charge in [0.05, 0.1) is 0 Å². The molecule has 0 heterocycles. The fourth-order valence-corrected chi connectivity index (χ4v) is 9.34. The number of thioether (sulfide) groups is 1. The van der Waals surface area contributed by atoms with E-state index in [2.05, 4.69) is 41.1 Å². The molecule has 0 saturated heterocycles. The van der Waals surface area contributed by atoms with Crippen molar-refractivity contribution < 1.29 is 0 Å². The van der Waals surface area contributed by atoms with Gasteiger partial charge in [-0.2, -0.15) is 11.8 Å². The van der Waals surface area contributed by atoms with Crippen LogP contribution in [0.15, 0.2) is 0 Å². The van der Waals surface area contributed by atoms with Crippen molar-refractivity contribution >= 4 is 21.0 Å². The minimum Gasteiger partial charge on any atom is -0.162 e. The molecule has 4 rings (SSSR count). The molecule has 0 amide bonds. The lowest BCUT2D eigenvalue weighted by molar-refractivity contribution is 0.0818. The molecular weight excluding hydrogens is 435 g/mol. The number of hydrogen-bond acceptors (Lipinski definition) is 1. The van der Waals surface area contributed by atoms with Crippen molar-refractivity contribution in [2.24, 2.45) is 47.3 Å². The van der Waals surface area contributed by atoms with E-state index in [4.69, 9.17) is 0 Å². The zero-order chi connectivity index (χ0) is 24.4. The Kier molecular flexibility index (Phi) is 14.4. The average Bonchev–Trinajstić information content (AvgIpc) is 2.89. The maximum atomic E-state index is 3.16. The van der Waals surface area contributed by atoms with Crippen LogP contribution in [0.1, 0.15) is 131 Å². The minimum absolute atomic E-state index is 0.869. The number of rotatable bonds is 4. The first-order valence-corrected chi connectivity index (χ1v) is 17.3. The third-order valence-corrected chi connectivity index (χ3v) is 12.8.